The van der Waals surface area contributed by atoms with E-state index >= 15 is 0 Å². The molecular formula is C20H17ClN2O4. The number of amides is 1. The molecule has 0 fully saturated rings. The first-order valence-electron chi connectivity index (χ1n) is 8.27. The summed E-state index contributed by atoms with van der Waals surface area (Å²) >= 11 is 6.25. The molecule has 0 saturated carbocycles. The quantitative estimate of drug-likeness (QED) is 0.635. The first kappa shape index (κ1) is 18.6. The number of benzene rings is 2. The first-order chi connectivity index (χ1) is 13.1. The van der Waals surface area contributed by atoms with Gasteiger partial charge in [-0.1, -0.05) is 11.6 Å². The van der Waals surface area contributed by atoms with Crippen LogP contribution in [0.4, 0.5) is 5.69 Å². The van der Waals surface area contributed by atoms with Crippen molar-refractivity contribution in [2.45, 2.75) is 6.42 Å². The number of ether oxygens (including phenoxy) is 3. The number of hydrogen-bond donors (Lipinski definition) is 1. The summed E-state index contributed by atoms with van der Waals surface area (Å²) in [5.41, 5.74) is 1.07. The minimum Gasteiger partial charge on any atom is -0.497 e. The largest absolute Gasteiger partial charge is 0.497 e. The van der Waals surface area contributed by atoms with Crippen molar-refractivity contribution >= 4 is 29.3 Å². The van der Waals surface area contributed by atoms with Crippen LogP contribution in [0.5, 0.6) is 17.2 Å². The highest BCUT2D eigenvalue weighted by Gasteiger charge is 2.16. The lowest BCUT2D eigenvalue weighted by Crippen LogP contribution is -2.13. The van der Waals surface area contributed by atoms with E-state index in [0.717, 1.165) is 6.42 Å². The highest BCUT2D eigenvalue weighted by molar-refractivity contribution is 6.32. The third-order valence-electron chi connectivity index (χ3n) is 3.85. The number of rotatable bonds is 4. The predicted molar refractivity (Wildman–Crippen MR) is 102 cm³/mol. The molecule has 7 heteroatoms. The predicted octanol–water partition coefficient (Wildman–Crippen LogP) is 4.06. The molecule has 1 heterocycles. The molecule has 0 atom stereocenters. The number of anilines is 1. The van der Waals surface area contributed by atoms with Gasteiger partial charge < -0.3 is 19.5 Å². The molecule has 1 amide bonds. The fraction of sp³-hybridized carbons (Fsp3) is 0.200. The van der Waals surface area contributed by atoms with E-state index in [1.807, 2.05) is 6.07 Å². The molecular weight excluding hydrogens is 368 g/mol. The standard InChI is InChI=1S/C20H17ClN2O4/c1-25-16-5-3-15(4-6-16)23-20(24)14(12-22)9-13-10-17(21)19-18(11-13)26-7-2-8-27-19/h3-6,9-11H,2,7-8H2,1H3,(H,23,24). The minimum absolute atomic E-state index is 0.0589. The van der Waals surface area contributed by atoms with Gasteiger partial charge in [-0.05, 0) is 48.0 Å². The van der Waals surface area contributed by atoms with Gasteiger partial charge in [0.15, 0.2) is 11.5 Å². The molecule has 0 bridgehead atoms. The molecule has 2 aromatic carbocycles. The number of carbonyl (C=O) groups is 1. The lowest BCUT2D eigenvalue weighted by atomic mass is 10.1. The molecule has 3 rings (SSSR count). The Balaban J connectivity index is 1.83. The second kappa shape index (κ2) is 8.47. The van der Waals surface area contributed by atoms with Crippen molar-refractivity contribution in [3.05, 3.63) is 52.6 Å². The van der Waals surface area contributed by atoms with Crippen molar-refractivity contribution < 1.29 is 19.0 Å². The molecule has 27 heavy (non-hydrogen) atoms. The normalized spacial score (nSPS) is 13.3. The monoisotopic (exact) mass is 384 g/mol. The van der Waals surface area contributed by atoms with Gasteiger partial charge in [-0.15, -0.1) is 0 Å². The molecule has 0 unspecified atom stereocenters. The number of methoxy groups -OCH3 is 1. The first-order valence-corrected chi connectivity index (χ1v) is 8.65. The zero-order chi connectivity index (χ0) is 19.2. The van der Waals surface area contributed by atoms with Crippen molar-refractivity contribution in [3.8, 4) is 23.3 Å². The molecule has 138 valence electrons. The highest BCUT2D eigenvalue weighted by atomic mass is 35.5. The smallest absolute Gasteiger partial charge is 0.266 e. The van der Waals surface area contributed by atoms with Crippen LogP contribution in [0.2, 0.25) is 5.02 Å². The summed E-state index contributed by atoms with van der Waals surface area (Å²) in [6.45, 7) is 1.04. The second-order valence-electron chi connectivity index (χ2n) is 5.73. The van der Waals surface area contributed by atoms with Crippen LogP contribution in [0.25, 0.3) is 6.08 Å². The maximum absolute atomic E-state index is 12.4. The van der Waals surface area contributed by atoms with Gasteiger partial charge in [-0.2, -0.15) is 5.26 Å². The third-order valence-corrected chi connectivity index (χ3v) is 4.13. The molecule has 0 radical (unpaired) electrons. The van der Waals surface area contributed by atoms with Crippen LogP contribution in [0.3, 0.4) is 0 Å². The van der Waals surface area contributed by atoms with Crippen molar-refractivity contribution in [2.24, 2.45) is 0 Å². The molecule has 0 aromatic heterocycles. The van der Waals surface area contributed by atoms with Crippen molar-refractivity contribution in [2.75, 3.05) is 25.6 Å². The Kier molecular flexibility index (Phi) is 5.84. The van der Waals surface area contributed by atoms with Gasteiger partial charge in [-0.3, -0.25) is 4.79 Å². The average molecular weight is 385 g/mol. The summed E-state index contributed by atoms with van der Waals surface area (Å²) in [6, 6.07) is 12.1. The van der Waals surface area contributed by atoms with Gasteiger partial charge in [0.2, 0.25) is 0 Å². The summed E-state index contributed by atoms with van der Waals surface area (Å²) in [6.07, 6.45) is 2.21. The maximum atomic E-state index is 12.4. The van der Waals surface area contributed by atoms with Crippen molar-refractivity contribution in [3.63, 3.8) is 0 Å². The lowest BCUT2D eigenvalue weighted by molar-refractivity contribution is -0.112. The molecule has 0 spiro atoms. The minimum atomic E-state index is -0.522. The Hall–Kier alpha value is -3.17. The lowest BCUT2D eigenvalue weighted by Gasteiger charge is -2.10. The zero-order valence-electron chi connectivity index (χ0n) is 14.6. The maximum Gasteiger partial charge on any atom is 0.266 e. The van der Waals surface area contributed by atoms with E-state index in [1.165, 1.54) is 6.08 Å². The molecule has 0 aliphatic carbocycles. The molecule has 0 saturated heterocycles. The van der Waals surface area contributed by atoms with Crippen LogP contribution >= 0.6 is 11.6 Å². The van der Waals surface area contributed by atoms with Gasteiger partial charge in [0.05, 0.1) is 25.3 Å². The highest BCUT2D eigenvalue weighted by Crippen LogP contribution is 2.38. The van der Waals surface area contributed by atoms with Gasteiger partial charge in [0.1, 0.15) is 17.4 Å². The average Bonchev–Trinajstić information content (AvgIpc) is 2.92. The van der Waals surface area contributed by atoms with Gasteiger partial charge >= 0.3 is 0 Å². The summed E-state index contributed by atoms with van der Waals surface area (Å²) in [4.78, 5) is 12.4. The van der Waals surface area contributed by atoms with Crippen LogP contribution in [0.1, 0.15) is 12.0 Å². The molecule has 1 aliphatic heterocycles. The molecule has 6 nitrogen and oxygen atoms in total. The fourth-order valence-corrected chi connectivity index (χ4v) is 2.80. The van der Waals surface area contributed by atoms with E-state index in [2.05, 4.69) is 5.32 Å². The summed E-state index contributed by atoms with van der Waals surface area (Å²) < 4.78 is 16.3. The Labute approximate surface area is 161 Å². The Morgan fingerprint density at radius 2 is 2.00 bits per heavy atom. The van der Waals surface area contributed by atoms with Crippen molar-refractivity contribution in [1.82, 2.24) is 0 Å². The molecule has 1 N–H and O–H groups in total. The van der Waals surface area contributed by atoms with E-state index in [-0.39, 0.29) is 5.57 Å². The van der Waals surface area contributed by atoms with Crippen LogP contribution in [-0.4, -0.2) is 26.2 Å². The Bertz CT molecular complexity index is 917. The second-order valence-corrected chi connectivity index (χ2v) is 6.14. The van der Waals surface area contributed by atoms with Crippen LogP contribution in [-0.2, 0) is 4.79 Å². The topological polar surface area (TPSA) is 80.6 Å². The number of nitrogens with one attached hydrogen (secondary N) is 1. The number of carbonyl (C=O) groups excluding carboxylic acids is 1. The summed E-state index contributed by atoms with van der Waals surface area (Å²) in [7, 11) is 1.56. The van der Waals surface area contributed by atoms with E-state index in [4.69, 9.17) is 25.8 Å². The fourth-order valence-electron chi connectivity index (χ4n) is 2.52. The zero-order valence-corrected chi connectivity index (χ0v) is 15.4. The molecule has 1 aliphatic rings. The van der Waals surface area contributed by atoms with Crippen LogP contribution in [0.15, 0.2) is 42.0 Å². The van der Waals surface area contributed by atoms with E-state index < -0.39 is 5.91 Å². The van der Waals surface area contributed by atoms with Gasteiger partial charge in [0.25, 0.3) is 5.91 Å². The summed E-state index contributed by atoms with van der Waals surface area (Å²) in [5.74, 6) is 1.13. The number of halogens is 1. The number of hydrogen-bond acceptors (Lipinski definition) is 5. The molecule has 2 aromatic rings. The van der Waals surface area contributed by atoms with Crippen LogP contribution in [0, 0.1) is 11.3 Å². The number of nitrogens with zero attached hydrogens (tertiary/aromatic N) is 1. The van der Waals surface area contributed by atoms with E-state index in [0.29, 0.717) is 46.7 Å². The third kappa shape index (κ3) is 4.52. The van der Waals surface area contributed by atoms with E-state index in [9.17, 15) is 10.1 Å². The van der Waals surface area contributed by atoms with Gasteiger partial charge in [-0.25, -0.2) is 0 Å². The van der Waals surface area contributed by atoms with E-state index in [1.54, 1.807) is 43.5 Å². The van der Waals surface area contributed by atoms with Crippen molar-refractivity contribution in [1.29, 1.82) is 5.26 Å². The number of fused-ring (bicyclic) bond motifs is 1. The van der Waals surface area contributed by atoms with Crippen LogP contribution < -0.4 is 19.5 Å². The van der Waals surface area contributed by atoms with Gasteiger partial charge in [0, 0.05) is 12.1 Å². The summed E-state index contributed by atoms with van der Waals surface area (Å²) in [5, 5.41) is 12.4. The Morgan fingerprint density at radius 1 is 1.26 bits per heavy atom. The Morgan fingerprint density at radius 3 is 2.70 bits per heavy atom. The number of nitriles is 1. The SMILES string of the molecule is COc1ccc(NC(=O)C(C#N)=Cc2cc(Cl)c3c(c2)OCCCO3)cc1.